The molecule has 27 heavy (non-hydrogen) atoms. The molecule has 1 aromatic carbocycles. The van der Waals surface area contributed by atoms with E-state index in [1.165, 1.54) is 36.4 Å². The van der Waals surface area contributed by atoms with E-state index in [0.717, 1.165) is 6.07 Å². The molecule has 0 saturated carbocycles. The zero-order valence-corrected chi connectivity index (χ0v) is 14.4. The average molecular weight is 379 g/mol. The summed E-state index contributed by atoms with van der Waals surface area (Å²) in [6.07, 6.45) is -2.78. The Balaban J connectivity index is 1.59. The van der Waals surface area contributed by atoms with Crippen molar-refractivity contribution in [2.45, 2.75) is 25.6 Å². The Labute approximate surface area is 152 Å². The summed E-state index contributed by atoms with van der Waals surface area (Å²) < 4.78 is 49.4. The van der Waals surface area contributed by atoms with Crippen molar-refractivity contribution in [1.82, 2.24) is 15.0 Å². The van der Waals surface area contributed by atoms with Gasteiger partial charge in [0.1, 0.15) is 0 Å². The number of carbonyl (C=O) groups is 1. The minimum Gasteiger partial charge on any atom is -0.461 e. The van der Waals surface area contributed by atoms with Gasteiger partial charge in [-0.1, -0.05) is 23.4 Å². The van der Waals surface area contributed by atoms with Crippen LogP contribution in [0.4, 0.5) is 13.2 Å². The summed E-state index contributed by atoms with van der Waals surface area (Å²) in [6.45, 7) is -0.143. The number of nitrogens with zero attached hydrogens (tertiary/aromatic N) is 3. The monoisotopic (exact) mass is 379 g/mol. The third kappa shape index (κ3) is 4.55. The van der Waals surface area contributed by atoms with E-state index in [2.05, 4.69) is 10.1 Å². The first kappa shape index (κ1) is 18.7. The molecule has 2 heterocycles. The third-order valence-corrected chi connectivity index (χ3v) is 3.92. The van der Waals surface area contributed by atoms with Gasteiger partial charge in [0, 0.05) is 26.4 Å². The average Bonchev–Trinajstić information content (AvgIpc) is 3.30. The largest absolute Gasteiger partial charge is 0.461 e. The molecule has 0 radical (unpaired) electrons. The molecule has 6 nitrogen and oxygen atoms in total. The molecule has 9 heteroatoms. The van der Waals surface area contributed by atoms with Gasteiger partial charge in [-0.2, -0.15) is 18.2 Å². The molecule has 0 aliphatic carbocycles. The van der Waals surface area contributed by atoms with Crippen molar-refractivity contribution in [2.24, 2.45) is 0 Å². The molecule has 0 fully saturated rings. The molecular formula is C18H16F3N3O3. The van der Waals surface area contributed by atoms with Gasteiger partial charge in [-0.25, -0.2) is 0 Å². The first-order valence-electron chi connectivity index (χ1n) is 8.10. The van der Waals surface area contributed by atoms with Gasteiger partial charge in [0.25, 0.3) is 0 Å². The van der Waals surface area contributed by atoms with Crippen molar-refractivity contribution in [1.29, 1.82) is 0 Å². The van der Waals surface area contributed by atoms with Crippen molar-refractivity contribution in [3.05, 3.63) is 59.7 Å². The second-order valence-electron chi connectivity index (χ2n) is 5.89. The number of benzene rings is 1. The molecule has 2 aromatic heterocycles. The second-order valence-corrected chi connectivity index (χ2v) is 5.89. The van der Waals surface area contributed by atoms with Crippen molar-refractivity contribution in [3.8, 4) is 11.6 Å². The number of furan rings is 1. The number of aryl methyl sites for hydroxylation is 1. The molecule has 0 atom stereocenters. The zero-order valence-electron chi connectivity index (χ0n) is 14.4. The zero-order chi connectivity index (χ0) is 19.4. The molecule has 0 aliphatic heterocycles. The maximum atomic E-state index is 13.0. The van der Waals surface area contributed by atoms with E-state index >= 15 is 0 Å². The van der Waals surface area contributed by atoms with Crippen LogP contribution in [0.5, 0.6) is 0 Å². The number of amides is 1. The summed E-state index contributed by atoms with van der Waals surface area (Å²) in [5, 5.41) is 3.76. The van der Waals surface area contributed by atoms with E-state index in [1.54, 1.807) is 12.1 Å². The fraction of sp³-hybridized carbons (Fsp3) is 0.278. The fourth-order valence-electron chi connectivity index (χ4n) is 2.55. The van der Waals surface area contributed by atoms with Crippen LogP contribution in [0.1, 0.15) is 23.4 Å². The quantitative estimate of drug-likeness (QED) is 0.649. The van der Waals surface area contributed by atoms with Gasteiger partial charge >= 0.3 is 6.18 Å². The molecule has 0 bridgehead atoms. The SMILES string of the molecule is CN(Cc1ccccc1C(F)(F)F)C(=O)CCc1nc(-c2ccco2)no1. The minimum absolute atomic E-state index is 0.0322. The third-order valence-electron chi connectivity index (χ3n) is 3.92. The maximum Gasteiger partial charge on any atom is 0.416 e. The summed E-state index contributed by atoms with van der Waals surface area (Å²) in [6, 6.07) is 8.55. The molecule has 0 N–H and O–H groups in total. The molecule has 0 unspecified atom stereocenters. The fourth-order valence-corrected chi connectivity index (χ4v) is 2.55. The summed E-state index contributed by atoms with van der Waals surface area (Å²) in [4.78, 5) is 17.6. The van der Waals surface area contributed by atoms with E-state index in [0.29, 0.717) is 5.76 Å². The van der Waals surface area contributed by atoms with Crippen LogP contribution >= 0.6 is 0 Å². The summed E-state index contributed by atoms with van der Waals surface area (Å²) in [7, 11) is 1.46. The number of alkyl halides is 3. The smallest absolute Gasteiger partial charge is 0.416 e. The predicted octanol–water partition coefficient (Wildman–Crippen LogP) is 3.94. The highest BCUT2D eigenvalue weighted by Crippen LogP contribution is 2.32. The van der Waals surface area contributed by atoms with Crippen LogP contribution in [0.3, 0.4) is 0 Å². The Kier molecular flexibility index (Phi) is 5.29. The molecule has 142 valence electrons. The van der Waals surface area contributed by atoms with Gasteiger partial charge in [0.05, 0.1) is 11.8 Å². The van der Waals surface area contributed by atoms with Gasteiger partial charge in [-0.15, -0.1) is 0 Å². The molecule has 3 aromatic rings. The molecule has 1 amide bonds. The Morgan fingerprint density at radius 1 is 1.19 bits per heavy atom. The highest BCUT2D eigenvalue weighted by Gasteiger charge is 2.33. The van der Waals surface area contributed by atoms with E-state index in [-0.39, 0.29) is 42.6 Å². The first-order valence-corrected chi connectivity index (χ1v) is 8.10. The van der Waals surface area contributed by atoms with Crippen LogP contribution in [0.2, 0.25) is 0 Å². The van der Waals surface area contributed by atoms with Crippen LogP contribution in [-0.2, 0) is 23.9 Å². The standard InChI is InChI=1S/C18H16F3N3O3/c1-24(11-12-5-2-3-6-13(12)18(19,20)21)16(25)9-8-15-22-17(23-27-15)14-7-4-10-26-14/h2-7,10H,8-9,11H2,1H3. The van der Waals surface area contributed by atoms with Gasteiger partial charge in [-0.05, 0) is 23.8 Å². The Morgan fingerprint density at radius 3 is 2.67 bits per heavy atom. The summed E-state index contributed by atoms with van der Waals surface area (Å²) in [5.74, 6) is 0.635. The normalized spacial score (nSPS) is 11.6. The van der Waals surface area contributed by atoms with Gasteiger partial charge in [-0.3, -0.25) is 4.79 Å². The Bertz CT molecular complexity index is 904. The van der Waals surface area contributed by atoms with E-state index in [9.17, 15) is 18.0 Å². The lowest BCUT2D eigenvalue weighted by molar-refractivity contribution is -0.139. The molecule has 0 saturated heterocycles. The predicted molar refractivity (Wildman–Crippen MR) is 88.2 cm³/mol. The maximum absolute atomic E-state index is 13.0. The Hall–Kier alpha value is -3.10. The van der Waals surface area contributed by atoms with Crippen LogP contribution in [-0.4, -0.2) is 28.0 Å². The van der Waals surface area contributed by atoms with Crippen LogP contribution < -0.4 is 0 Å². The van der Waals surface area contributed by atoms with Gasteiger partial charge in [0.15, 0.2) is 5.76 Å². The van der Waals surface area contributed by atoms with Crippen LogP contribution in [0.25, 0.3) is 11.6 Å². The van der Waals surface area contributed by atoms with Crippen molar-refractivity contribution in [3.63, 3.8) is 0 Å². The molecule has 3 rings (SSSR count). The number of aromatic nitrogens is 2. The lowest BCUT2D eigenvalue weighted by Gasteiger charge is -2.20. The highest BCUT2D eigenvalue weighted by atomic mass is 19.4. The number of hydrogen-bond donors (Lipinski definition) is 0. The number of hydrogen-bond acceptors (Lipinski definition) is 5. The summed E-state index contributed by atoms with van der Waals surface area (Å²) >= 11 is 0. The van der Waals surface area contributed by atoms with Crippen molar-refractivity contribution < 1.29 is 26.9 Å². The topological polar surface area (TPSA) is 72.4 Å². The van der Waals surface area contributed by atoms with E-state index < -0.39 is 11.7 Å². The van der Waals surface area contributed by atoms with Gasteiger partial charge < -0.3 is 13.8 Å². The van der Waals surface area contributed by atoms with E-state index in [4.69, 9.17) is 8.94 Å². The van der Waals surface area contributed by atoms with Gasteiger partial charge in [0.2, 0.25) is 17.6 Å². The molecule has 0 aliphatic rings. The molecule has 0 spiro atoms. The number of halogens is 3. The van der Waals surface area contributed by atoms with Crippen molar-refractivity contribution in [2.75, 3.05) is 7.05 Å². The number of rotatable bonds is 6. The molecular weight excluding hydrogens is 363 g/mol. The summed E-state index contributed by atoms with van der Waals surface area (Å²) in [5.41, 5.74) is -0.705. The minimum atomic E-state index is -4.47. The first-order chi connectivity index (χ1) is 12.8. The van der Waals surface area contributed by atoms with Crippen LogP contribution in [0.15, 0.2) is 51.6 Å². The van der Waals surface area contributed by atoms with E-state index in [1.807, 2.05) is 0 Å². The van der Waals surface area contributed by atoms with Crippen molar-refractivity contribution >= 4 is 5.91 Å². The van der Waals surface area contributed by atoms with Crippen LogP contribution in [0, 0.1) is 0 Å². The second kappa shape index (κ2) is 7.65. The highest BCUT2D eigenvalue weighted by molar-refractivity contribution is 5.76. The Morgan fingerprint density at radius 2 is 1.96 bits per heavy atom. The number of carbonyl (C=O) groups excluding carboxylic acids is 1. The lowest BCUT2D eigenvalue weighted by atomic mass is 10.1. The lowest BCUT2D eigenvalue weighted by Crippen LogP contribution is -2.27.